The number of benzene rings is 2. The average Bonchev–Trinajstić information content (AvgIpc) is 3.34. The van der Waals surface area contributed by atoms with Crippen molar-refractivity contribution < 1.29 is 37.1 Å². The zero-order valence-corrected chi connectivity index (χ0v) is 16.1. The van der Waals surface area contributed by atoms with Crippen LogP contribution in [0.3, 0.4) is 0 Å². The Labute approximate surface area is 167 Å². The topological polar surface area (TPSA) is 0 Å². The van der Waals surface area contributed by atoms with E-state index in [2.05, 4.69) is 48.6 Å². The number of hydrogen-bond acceptors (Lipinski definition) is 0. The second-order valence-corrected chi connectivity index (χ2v) is 5.05. The third-order valence-electron chi connectivity index (χ3n) is 3.52. The maximum atomic E-state index is 2.18. The Bertz CT molecular complexity index is 724. The van der Waals surface area contributed by atoms with Crippen LogP contribution in [0.25, 0.3) is 22.9 Å². The van der Waals surface area contributed by atoms with Gasteiger partial charge in [-0.15, -0.1) is 0 Å². The molecule has 24 heavy (non-hydrogen) atoms. The summed E-state index contributed by atoms with van der Waals surface area (Å²) in [6, 6.07) is 32.9. The van der Waals surface area contributed by atoms with E-state index in [1.807, 2.05) is 60.7 Å². The standard InChI is InChI=1S/C12H8.2C5H5.2V/c1-3-9-4-2-6-11-8-7-10(5-1)12(9)11;2*1-2-4-5-3-1;;/h1-8H;2*1-5H;;/q;2*-1;;. The average molecular weight is 384 g/mol. The summed E-state index contributed by atoms with van der Waals surface area (Å²) in [5, 5.41) is 2.75. The van der Waals surface area contributed by atoms with Gasteiger partial charge in [-0.1, -0.05) is 48.6 Å². The molecule has 0 saturated carbocycles. The minimum Gasteiger partial charge on any atom is -0.214 e. The van der Waals surface area contributed by atoms with E-state index < -0.39 is 0 Å². The minimum atomic E-state index is 0. The fourth-order valence-electron chi connectivity index (χ4n) is 2.50. The molecule has 1 aliphatic rings. The van der Waals surface area contributed by atoms with E-state index in [-0.39, 0.29) is 37.1 Å². The fourth-order valence-corrected chi connectivity index (χ4v) is 2.50. The van der Waals surface area contributed by atoms with Gasteiger partial charge in [-0.25, -0.2) is 24.3 Å². The van der Waals surface area contributed by atoms with Crippen molar-refractivity contribution in [2.75, 3.05) is 0 Å². The van der Waals surface area contributed by atoms with E-state index >= 15 is 0 Å². The third-order valence-corrected chi connectivity index (χ3v) is 3.52. The monoisotopic (exact) mass is 384 g/mol. The van der Waals surface area contributed by atoms with Crippen molar-refractivity contribution in [1.29, 1.82) is 0 Å². The first-order valence-electron chi connectivity index (χ1n) is 7.48. The Kier molecular flexibility index (Phi) is 9.30. The van der Waals surface area contributed by atoms with E-state index in [1.54, 1.807) is 0 Å². The Morgan fingerprint density at radius 3 is 1.25 bits per heavy atom. The minimum absolute atomic E-state index is 0. The van der Waals surface area contributed by atoms with Crippen LogP contribution in [0.4, 0.5) is 0 Å². The molecule has 118 valence electrons. The van der Waals surface area contributed by atoms with Crippen molar-refractivity contribution in [3.63, 3.8) is 0 Å². The first-order chi connectivity index (χ1) is 10.9. The van der Waals surface area contributed by atoms with Gasteiger partial charge < -0.3 is 0 Å². The fraction of sp³-hybridized carbons (Fsp3) is 0. The molecule has 0 atom stereocenters. The molecule has 4 aromatic rings. The van der Waals surface area contributed by atoms with Crippen molar-refractivity contribution in [2.45, 2.75) is 0 Å². The first kappa shape index (κ1) is 20.4. The van der Waals surface area contributed by atoms with Gasteiger partial charge in [-0.05, 0) is 21.9 Å². The molecule has 4 aromatic carbocycles. The van der Waals surface area contributed by atoms with Gasteiger partial charge in [0.2, 0.25) is 0 Å². The molecule has 1 aliphatic carbocycles. The molecule has 0 nitrogen and oxygen atoms in total. The van der Waals surface area contributed by atoms with Crippen molar-refractivity contribution in [2.24, 2.45) is 0 Å². The van der Waals surface area contributed by atoms with Crippen molar-refractivity contribution >= 4 is 22.9 Å². The summed E-state index contributed by atoms with van der Waals surface area (Å²) in [5.41, 5.74) is 2.70. The van der Waals surface area contributed by atoms with Crippen molar-refractivity contribution in [1.82, 2.24) is 0 Å². The van der Waals surface area contributed by atoms with Gasteiger partial charge in [0.05, 0.1) is 0 Å². The Hall–Kier alpha value is -1.69. The SMILES string of the molecule is C1=Cc2cccc3cccc1c23.[V].[V].c1cc[cH-]c1.c1cc[cH-]c1. The molecule has 0 heterocycles. The normalized spacial score (nSPS) is 9.67. The Morgan fingerprint density at radius 1 is 0.500 bits per heavy atom. The maximum absolute atomic E-state index is 2.18. The van der Waals surface area contributed by atoms with E-state index in [4.69, 9.17) is 0 Å². The molecule has 2 radical (unpaired) electrons. The smallest absolute Gasteiger partial charge is 0 e. The van der Waals surface area contributed by atoms with Crippen LogP contribution in [-0.2, 0) is 37.1 Å². The summed E-state index contributed by atoms with van der Waals surface area (Å²) in [5.74, 6) is 0. The van der Waals surface area contributed by atoms with E-state index in [0.29, 0.717) is 0 Å². The molecule has 0 unspecified atom stereocenters. The molecular weight excluding hydrogens is 366 g/mol. The van der Waals surface area contributed by atoms with Gasteiger partial charge >= 0.3 is 0 Å². The molecular formula is C22H18V2-2. The summed E-state index contributed by atoms with van der Waals surface area (Å²) in [7, 11) is 0. The summed E-state index contributed by atoms with van der Waals surface area (Å²) >= 11 is 0. The zero-order valence-electron chi connectivity index (χ0n) is 13.3. The first-order valence-corrected chi connectivity index (χ1v) is 7.48. The van der Waals surface area contributed by atoms with Gasteiger partial charge in [0.1, 0.15) is 0 Å². The van der Waals surface area contributed by atoms with Crippen LogP contribution >= 0.6 is 0 Å². The number of rotatable bonds is 0. The van der Waals surface area contributed by atoms with Crippen molar-refractivity contribution in [3.8, 4) is 0 Å². The van der Waals surface area contributed by atoms with Gasteiger partial charge in [-0.3, -0.25) is 0 Å². The predicted molar refractivity (Wildman–Crippen MR) is 96.9 cm³/mol. The molecule has 0 aromatic heterocycles. The molecule has 5 rings (SSSR count). The predicted octanol–water partition coefficient (Wildman–Crippen LogP) is 6.13. The molecule has 0 fully saturated rings. The summed E-state index contributed by atoms with van der Waals surface area (Å²) in [6.45, 7) is 0. The van der Waals surface area contributed by atoms with E-state index in [1.165, 1.54) is 21.9 Å². The molecule has 2 heteroatoms. The van der Waals surface area contributed by atoms with Crippen LogP contribution in [0.15, 0.2) is 97.1 Å². The second kappa shape index (κ2) is 11.0. The van der Waals surface area contributed by atoms with Crippen LogP contribution in [0.2, 0.25) is 0 Å². The largest absolute Gasteiger partial charge is 0.214 e. The van der Waals surface area contributed by atoms with E-state index in [9.17, 15) is 0 Å². The third kappa shape index (κ3) is 5.44. The summed E-state index contributed by atoms with van der Waals surface area (Å²) < 4.78 is 0. The maximum Gasteiger partial charge on any atom is 0 e. The quantitative estimate of drug-likeness (QED) is 0.282. The van der Waals surface area contributed by atoms with Crippen LogP contribution in [0.5, 0.6) is 0 Å². The zero-order chi connectivity index (χ0) is 15.0. The Morgan fingerprint density at radius 2 is 0.917 bits per heavy atom. The van der Waals surface area contributed by atoms with Gasteiger partial charge in [0, 0.05) is 37.1 Å². The van der Waals surface area contributed by atoms with Crippen LogP contribution in [0, 0.1) is 0 Å². The van der Waals surface area contributed by atoms with E-state index in [0.717, 1.165) is 0 Å². The summed E-state index contributed by atoms with van der Waals surface area (Å²) in [6.07, 6.45) is 4.36. The van der Waals surface area contributed by atoms with Crippen LogP contribution in [0.1, 0.15) is 11.1 Å². The second-order valence-electron chi connectivity index (χ2n) is 5.05. The molecule has 0 bridgehead atoms. The molecule has 0 N–H and O–H groups in total. The molecule has 0 aliphatic heterocycles. The summed E-state index contributed by atoms with van der Waals surface area (Å²) in [4.78, 5) is 0. The van der Waals surface area contributed by atoms with Gasteiger partial charge in [0.15, 0.2) is 0 Å². The Balaban J connectivity index is 0.000000203. The molecule has 0 amide bonds. The van der Waals surface area contributed by atoms with Crippen LogP contribution in [-0.4, -0.2) is 0 Å². The van der Waals surface area contributed by atoms with Gasteiger partial charge in [0.25, 0.3) is 0 Å². The van der Waals surface area contributed by atoms with Crippen LogP contribution < -0.4 is 0 Å². The molecule has 0 saturated heterocycles. The number of hydrogen-bond donors (Lipinski definition) is 0. The van der Waals surface area contributed by atoms with Gasteiger partial charge in [-0.2, -0.15) is 36.4 Å². The van der Waals surface area contributed by atoms with Crippen molar-refractivity contribution in [3.05, 3.63) is 108 Å². The molecule has 0 spiro atoms.